The molecule has 16 heavy (non-hydrogen) atoms. The highest BCUT2D eigenvalue weighted by Gasteiger charge is 2.08. The highest BCUT2D eigenvalue weighted by Crippen LogP contribution is 2.15. The number of Topliss-reactive ketones (excluding diaryl/α,β-unsaturated/α-hetero) is 1. The Bertz CT molecular complexity index is 311. The molecule has 1 atom stereocenters. The molecule has 1 aromatic rings. The van der Waals surface area contributed by atoms with Crippen molar-refractivity contribution in [1.29, 1.82) is 0 Å². The summed E-state index contributed by atoms with van der Waals surface area (Å²) >= 11 is 0. The van der Waals surface area contributed by atoms with Crippen molar-refractivity contribution in [3.8, 4) is 0 Å². The average Bonchev–Trinajstić information content (AvgIpc) is 2.34. The molecule has 0 saturated carbocycles. The van der Waals surface area contributed by atoms with Crippen LogP contribution in [-0.2, 0) is 9.53 Å². The third kappa shape index (κ3) is 4.55. The molecule has 0 heterocycles. The number of nitrogens with two attached hydrogens (primary N) is 1. The first kappa shape index (κ1) is 12.9. The Balaban J connectivity index is 2.30. The van der Waals surface area contributed by atoms with Gasteiger partial charge in [0.1, 0.15) is 6.61 Å². The van der Waals surface area contributed by atoms with Crippen LogP contribution in [0.4, 0.5) is 0 Å². The molecule has 0 amide bonds. The second kappa shape index (κ2) is 7.14. The second-order valence-electron chi connectivity index (χ2n) is 3.73. The van der Waals surface area contributed by atoms with E-state index in [9.17, 15) is 4.79 Å². The molecule has 3 heteroatoms. The van der Waals surface area contributed by atoms with Crippen LogP contribution < -0.4 is 5.73 Å². The number of hydrogen-bond donors (Lipinski definition) is 1. The van der Waals surface area contributed by atoms with E-state index >= 15 is 0 Å². The number of ether oxygens (including phenoxy) is 1. The maximum atomic E-state index is 11.4. The molecule has 0 aliphatic carbocycles. The van der Waals surface area contributed by atoms with Gasteiger partial charge in [0.15, 0.2) is 5.78 Å². The van der Waals surface area contributed by atoms with Crippen LogP contribution in [0.3, 0.4) is 0 Å². The van der Waals surface area contributed by atoms with Gasteiger partial charge in [-0.25, -0.2) is 0 Å². The van der Waals surface area contributed by atoms with Crippen molar-refractivity contribution in [2.75, 3.05) is 13.2 Å². The van der Waals surface area contributed by atoms with Gasteiger partial charge in [0.25, 0.3) is 0 Å². The predicted molar refractivity (Wildman–Crippen MR) is 64.1 cm³/mol. The molecule has 0 fully saturated rings. The summed E-state index contributed by atoms with van der Waals surface area (Å²) in [4.78, 5) is 11.4. The van der Waals surface area contributed by atoms with Gasteiger partial charge >= 0.3 is 0 Å². The minimum atomic E-state index is -0.0632. The van der Waals surface area contributed by atoms with Crippen molar-refractivity contribution in [3.63, 3.8) is 0 Å². The summed E-state index contributed by atoms with van der Waals surface area (Å²) in [7, 11) is 0. The van der Waals surface area contributed by atoms with E-state index in [-0.39, 0.29) is 18.4 Å². The maximum Gasteiger partial charge on any atom is 0.158 e. The lowest BCUT2D eigenvalue weighted by Gasteiger charge is -2.11. The van der Waals surface area contributed by atoms with E-state index in [0.717, 1.165) is 5.56 Å². The zero-order valence-electron chi connectivity index (χ0n) is 9.69. The zero-order valence-corrected chi connectivity index (χ0v) is 9.69. The van der Waals surface area contributed by atoms with Crippen LogP contribution in [0, 0.1) is 0 Å². The molecule has 0 radical (unpaired) electrons. The Kier molecular flexibility index (Phi) is 5.75. The lowest BCUT2D eigenvalue weighted by atomic mass is 10.0. The summed E-state index contributed by atoms with van der Waals surface area (Å²) in [5.41, 5.74) is 7.05. The maximum absolute atomic E-state index is 11.4. The van der Waals surface area contributed by atoms with Crippen molar-refractivity contribution in [1.82, 2.24) is 0 Å². The van der Waals surface area contributed by atoms with Crippen LogP contribution in [0.15, 0.2) is 30.3 Å². The highest BCUT2D eigenvalue weighted by atomic mass is 16.5. The van der Waals surface area contributed by atoms with Crippen LogP contribution in [0.1, 0.15) is 31.4 Å². The normalized spacial score (nSPS) is 12.4. The van der Waals surface area contributed by atoms with Crippen molar-refractivity contribution in [2.45, 2.75) is 25.8 Å². The van der Waals surface area contributed by atoms with E-state index in [0.29, 0.717) is 19.4 Å². The Morgan fingerprint density at radius 1 is 1.38 bits per heavy atom. The minimum absolute atomic E-state index is 0.0632. The Labute approximate surface area is 96.6 Å². The lowest BCUT2D eigenvalue weighted by molar-refractivity contribution is -0.123. The first-order valence-corrected chi connectivity index (χ1v) is 5.64. The van der Waals surface area contributed by atoms with Gasteiger partial charge in [0.05, 0.1) is 0 Å². The number of carbonyl (C=O) groups is 1. The molecule has 0 aliphatic heterocycles. The zero-order chi connectivity index (χ0) is 11.8. The largest absolute Gasteiger partial charge is 0.374 e. The van der Waals surface area contributed by atoms with Gasteiger partial charge in [-0.15, -0.1) is 0 Å². The first-order chi connectivity index (χ1) is 7.74. The van der Waals surface area contributed by atoms with E-state index in [1.54, 1.807) is 0 Å². The van der Waals surface area contributed by atoms with Crippen LogP contribution in [0.5, 0.6) is 0 Å². The molecule has 2 N–H and O–H groups in total. The van der Waals surface area contributed by atoms with E-state index in [1.807, 2.05) is 37.3 Å². The van der Waals surface area contributed by atoms with Gasteiger partial charge in [0, 0.05) is 19.1 Å². The van der Waals surface area contributed by atoms with E-state index in [2.05, 4.69) is 0 Å². The number of ketones is 1. The van der Waals surface area contributed by atoms with Gasteiger partial charge in [-0.2, -0.15) is 0 Å². The van der Waals surface area contributed by atoms with Gasteiger partial charge in [-0.3, -0.25) is 4.79 Å². The third-order valence-electron chi connectivity index (χ3n) is 2.43. The van der Waals surface area contributed by atoms with Crippen molar-refractivity contribution >= 4 is 5.78 Å². The quantitative estimate of drug-likeness (QED) is 0.767. The smallest absolute Gasteiger partial charge is 0.158 e. The summed E-state index contributed by atoms with van der Waals surface area (Å²) in [6.45, 7) is 2.66. The fourth-order valence-electron chi connectivity index (χ4n) is 1.47. The number of rotatable bonds is 7. The molecule has 1 rings (SSSR count). The van der Waals surface area contributed by atoms with E-state index in [1.165, 1.54) is 0 Å². The molecule has 1 aromatic carbocycles. The Morgan fingerprint density at radius 2 is 2.06 bits per heavy atom. The molecule has 0 aromatic heterocycles. The standard InChI is InChI=1S/C13H19NO2/c1-2-16-10-12(15)8-9-13(14)11-6-4-3-5-7-11/h3-7,13H,2,8-10,14H2,1H3. The predicted octanol–water partition coefficient (Wildman–Crippen LogP) is 2.07. The first-order valence-electron chi connectivity index (χ1n) is 5.64. The lowest BCUT2D eigenvalue weighted by Crippen LogP contribution is -2.14. The Morgan fingerprint density at radius 3 is 2.69 bits per heavy atom. The molecule has 0 aliphatic rings. The topological polar surface area (TPSA) is 52.3 Å². The highest BCUT2D eigenvalue weighted by molar-refractivity contribution is 5.79. The van der Waals surface area contributed by atoms with Crippen LogP contribution in [0.25, 0.3) is 0 Å². The van der Waals surface area contributed by atoms with Crippen LogP contribution >= 0.6 is 0 Å². The number of hydrogen-bond acceptors (Lipinski definition) is 3. The Hall–Kier alpha value is -1.19. The summed E-state index contributed by atoms with van der Waals surface area (Å²) in [5, 5.41) is 0. The average molecular weight is 221 g/mol. The fourth-order valence-corrected chi connectivity index (χ4v) is 1.47. The van der Waals surface area contributed by atoms with Gasteiger partial charge in [0.2, 0.25) is 0 Å². The van der Waals surface area contributed by atoms with Crippen molar-refractivity contribution in [3.05, 3.63) is 35.9 Å². The summed E-state index contributed by atoms with van der Waals surface area (Å²) in [6, 6.07) is 9.77. The van der Waals surface area contributed by atoms with Gasteiger partial charge < -0.3 is 10.5 Å². The molecule has 3 nitrogen and oxygen atoms in total. The van der Waals surface area contributed by atoms with Crippen LogP contribution in [0.2, 0.25) is 0 Å². The summed E-state index contributed by atoms with van der Waals surface area (Å²) in [5.74, 6) is 0.119. The number of carbonyl (C=O) groups excluding carboxylic acids is 1. The molecule has 0 spiro atoms. The van der Waals surface area contributed by atoms with Crippen LogP contribution in [-0.4, -0.2) is 19.0 Å². The monoisotopic (exact) mass is 221 g/mol. The summed E-state index contributed by atoms with van der Waals surface area (Å²) < 4.78 is 5.04. The fraction of sp³-hybridized carbons (Fsp3) is 0.462. The molecule has 0 bridgehead atoms. The molecule has 88 valence electrons. The SMILES string of the molecule is CCOCC(=O)CCC(N)c1ccccc1. The molecular weight excluding hydrogens is 202 g/mol. The van der Waals surface area contributed by atoms with Gasteiger partial charge in [-0.1, -0.05) is 30.3 Å². The van der Waals surface area contributed by atoms with E-state index < -0.39 is 0 Å². The third-order valence-corrected chi connectivity index (χ3v) is 2.43. The second-order valence-corrected chi connectivity index (χ2v) is 3.73. The van der Waals surface area contributed by atoms with Gasteiger partial charge in [-0.05, 0) is 18.9 Å². The van der Waals surface area contributed by atoms with Crippen molar-refractivity contribution < 1.29 is 9.53 Å². The summed E-state index contributed by atoms with van der Waals surface area (Å²) in [6.07, 6.45) is 1.16. The molecular formula is C13H19NO2. The van der Waals surface area contributed by atoms with Crippen molar-refractivity contribution in [2.24, 2.45) is 5.73 Å². The minimum Gasteiger partial charge on any atom is -0.374 e. The number of benzene rings is 1. The van der Waals surface area contributed by atoms with E-state index in [4.69, 9.17) is 10.5 Å². The molecule has 0 saturated heterocycles. The molecule has 1 unspecified atom stereocenters.